The van der Waals surface area contributed by atoms with Crippen LogP contribution >= 0.6 is 11.6 Å². The van der Waals surface area contributed by atoms with Gasteiger partial charge in [-0.25, -0.2) is 4.68 Å². The molecule has 0 unspecified atom stereocenters. The number of nitrogens with zero attached hydrogens (tertiary/aromatic N) is 4. The Morgan fingerprint density at radius 1 is 1.07 bits per heavy atom. The summed E-state index contributed by atoms with van der Waals surface area (Å²) in [5, 5.41) is 15.3. The highest BCUT2D eigenvalue weighted by Gasteiger charge is 2.13. The molecule has 0 saturated heterocycles. The van der Waals surface area contributed by atoms with Crippen molar-refractivity contribution in [2.75, 3.05) is 11.9 Å². The summed E-state index contributed by atoms with van der Waals surface area (Å²) >= 11 is 6.48. The Morgan fingerprint density at radius 2 is 1.82 bits per heavy atom. The van der Waals surface area contributed by atoms with Crippen molar-refractivity contribution in [1.82, 2.24) is 20.2 Å². The zero-order valence-electron chi connectivity index (χ0n) is 16.3. The molecular weight excluding hydrogens is 378 g/mol. The fourth-order valence-electron chi connectivity index (χ4n) is 2.66. The second-order valence-electron chi connectivity index (χ2n) is 6.27. The first-order valence-corrected chi connectivity index (χ1v) is 9.62. The number of tetrazole rings is 1. The molecule has 8 heteroatoms. The molecule has 3 aromatic rings. The van der Waals surface area contributed by atoms with Gasteiger partial charge in [-0.15, -0.1) is 0 Å². The lowest BCUT2D eigenvalue weighted by molar-refractivity contribution is 0.269. The molecule has 0 aliphatic rings. The third-order valence-corrected chi connectivity index (χ3v) is 4.55. The van der Waals surface area contributed by atoms with Crippen LogP contribution in [0.25, 0.3) is 0 Å². The third kappa shape index (κ3) is 4.92. The highest BCUT2D eigenvalue weighted by Crippen LogP contribution is 2.34. The van der Waals surface area contributed by atoms with E-state index in [1.165, 1.54) is 5.56 Å². The van der Waals surface area contributed by atoms with Gasteiger partial charge in [0.2, 0.25) is 5.95 Å². The monoisotopic (exact) mass is 401 g/mol. The van der Waals surface area contributed by atoms with Gasteiger partial charge in [0, 0.05) is 24.2 Å². The molecule has 0 spiro atoms. The normalized spacial score (nSPS) is 10.7. The first-order valence-electron chi connectivity index (χ1n) is 9.24. The van der Waals surface area contributed by atoms with Crippen LogP contribution in [0.5, 0.6) is 11.5 Å². The standard InChI is InChI=1S/C20H24ClN5O2/c1-4-26-20(23-24-25-26)22-12-16-10-18(27-5-2)19(11-17(16)21)28-13-15-8-6-14(3)7-9-15/h6-11H,4-5,12-13H2,1-3H3,(H,22,23,25). The van der Waals surface area contributed by atoms with Crippen LogP contribution < -0.4 is 14.8 Å². The van der Waals surface area contributed by atoms with Crippen LogP contribution in [-0.4, -0.2) is 26.8 Å². The summed E-state index contributed by atoms with van der Waals surface area (Å²) < 4.78 is 13.4. The molecule has 7 nitrogen and oxygen atoms in total. The number of aromatic nitrogens is 4. The zero-order valence-corrected chi connectivity index (χ0v) is 17.0. The van der Waals surface area contributed by atoms with Crippen molar-refractivity contribution in [3.63, 3.8) is 0 Å². The van der Waals surface area contributed by atoms with Gasteiger partial charge < -0.3 is 14.8 Å². The van der Waals surface area contributed by atoms with E-state index >= 15 is 0 Å². The molecule has 3 rings (SSSR count). The maximum Gasteiger partial charge on any atom is 0.243 e. The van der Waals surface area contributed by atoms with Gasteiger partial charge in [-0.05, 0) is 48.4 Å². The van der Waals surface area contributed by atoms with Crippen molar-refractivity contribution in [3.8, 4) is 11.5 Å². The average molecular weight is 402 g/mol. The Kier molecular flexibility index (Phi) is 6.71. The van der Waals surface area contributed by atoms with Gasteiger partial charge >= 0.3 is 0 Å². The van der Waals surface area contributed by atoms with Crippen molar-refractivity contribution >= 4 is 17.5 Å². The number of aryl methyl sites for hydroxylation is 2. The predicted molar refractivity (Wildman–Crippen MR) is 109 cm³/mol. The van der Waals surface area contributed by atoms with E-state index < -0.39 is 0 Å². The third-order valence-electron chi connectivity index (χ3n) is 4.20. The van der Waals surface area contributed by atoms with E-state index in [2.05, 4.69) is 39.9 Å². The number of ether oxygens (including phenoxy) is 2. The topological polar surface area (TPSA) is 74.1 Å². The molecule has 2 aromatic carbocycles. The molecule has 0 amide bonds. The van der Waals surface area contributed by atoms with Crippen molar-refractivity contribution in [1.29, 1.82) is 0 Å². The number of halogens is 1. The lowest BCUT2D eigenvalue weighted by atomic mass is 10.1. The van der Waals surface area contributed by atoms with E-state index in [0.717, 1.165) is 11.1 Å². The Hall–Kier alpha value is -2.80. The summed E-state index contributed by atoms with van der Waals surface area (Å²) in [5.74, 6) is 1.87. The highest BCUT2D eigenvalue weighted by atomic mass is 35.5. The van der Waals surface area contributed by atoms with Crippen molar-refractivity contribution in [3.05, 3.63) is 58.1 Å². The van der Waals surface area contributed by atoms with Crippen LogP contribution in [0.4, 0.5) is 5.95 Å². The number of anilines is 1. The number of rotatable bonds is 9. The van der Waals surface area contributed by atoms with Gasteiger partial charge in [0.15, 0.2) is 11.5 Å². The van der Waals surface area contributed by atoms with Crippen LogP contribution in [0.2, 0.25) is 5.02 Å². The Bertz CT molecular complexity index is 911. The minimum atomic E-state index is 0.444. The average Bonchev–Trinajstić information content (AvgIpc) is 3.16. The minimum Gasteiger partial charge on any atom is -0.490 e. The molecular formula is C20H24ClN5O2. The first-order chi connectivity index (χ1) is 13.6. The van der Waals surface area contributed by atoms with Crippen molar-refractivity contribution in [2.45, 2.75) is 40.5 Å². The van der Waals surface area contributed by atoms with Crippen LogP contribution in [0.15, 0.2) is 36.4 Å². The fourth-order valence-corrected chi connectivity index (χ4v) is 2.88. The summed E-state index contributed by atoms with van der Waals surface area (Å²) in [7, 11) is 0. The van der Waals surface area contributed by atoms with Crippen LogP contribution in [-0.2, 0) is 19.7 Å². The number of hydrogen-bond acceptors (Lipinski definition) is 6. The maximum absolute atomic E-state index is 6.48. The summed E-state index contributed by atoms with van der Waals surface area (Å²) in [6.45, 7) is 8.09. The van der Waals surface area contributed by atoms with Gasteiger partial charge in [-0.3, -0.25) is 0 Å². The van der Waals surface area contributed by atoms with E-state index in [-0.39, 0.29) is 0 Å². The summed E-state index contributed by atoms with van der Waals surface area (Å²) in [6, 6.07) is 11.9. The summed E-state index contributed by atoms with van der Waals surface area (Å²) in [6.07, 6.45) is 0. The fraction of sp³-hybridized carbons (Fsp3) is 0.350. The number of hydrogen-bond donors (Lipinski definition) is 1. The van der Waals surface area contributed by atoms with Crippen LogP contribution in [0, 0.1) is 6.92 Å². The Balaban J connectivity index is 1.74. The van der Waals surface area contributed by atoms with E-state index in [0.29, 0.717) is 48.8 Å². The lowest BCUT2D eigenvalue weighted by Crippen LogP contribution is -2.09. The number of benzene rings is 2. The van der Waals surface area contributed by atoms with Gasteiger partial charge in [-0.1, -0.05) is 46.5 Å². The number of nitrogens with one attached hydrogen (secondary N) is 1. The van der Waals surface area contributed by atoms with Crippen molar-refractivity contribution < 1.29 is 9.47 Å². The quantitative estimate of drug-likeness (QED) is 0.578. The van der Waals surface area contributed by atoms with Crippen molar-refractivity contribution in [2.24, 2.45) is 0 Å². The Morgan fingerprint density at radius 3 is 2.54 bits per heavy atom. The van der Waals surface area contributed by atoms with E-state index in [9.17, 15) is 0 Å². The van der Waals surface area contributed by atoms with E-state index in [4.69, 9.17) is 21.1 Å². The first kappa shape index (κ1) is 19.9. The molecule has 0 radical (unpaired) electrons. The molecule has 0 saturated carbocycles. The molecule has 1 heterocycles. The molecule has 148 valence electrons. The second kappa shape index (κ2) is 9.41. The van der Waals surface area contributed by atoms with Gasteiger partial charge in [-0.2, -0.15) is 0 Å². The van der Waals surface area contributed by atoms with Gasteiger partial charge in [0.25, 0.3) is 0 Å². The Labute approximate surface area is 169 Å². The smallest absolute Gasteiger partial charge is 0.243 e. The zero-order chi connectivity index (χ0) is 19.9. The minimum absolute atomic E-state index is 0.444. The van der Waals surface area contributed by atoms with E-state index in [1.807, 2.05) is 32.0 Å². The summed E-state index contributed by atoms with van der Waals surface area (Å²) in [4.78, 5) is 0. The molecule has 0 atom stereocenters. The molecule has 28 heavy (non-hydrogen) atoms. The summed E-state index contributed by atoms with van der Waals surface area (Å²) in [5.41, 5.74) is 3.17. The molecule has 0 fully saturated rings. The van der Waals surface area contributed by atoms with Gasteiger partial charge in [0.1, 0.15) is 6.61 Å². The highest BCUT2D eigenvalue weighted by molar-refractivity contribution is 6.31. The maximum atomic E-state index is 6.48. The molecule has 0 bridgehead atoms. The lowest BCUT2D eigenvalue weighted by Gasteiger charge is -2.15. The molecule has 1 aromatic heterocycles. The largest absolute Gasteiger partial charge is 0.490 e. The molecule has 0 aliphatic carbocycles. The van der Waals surface area contributed by atoms with Gasteiger partial charge in [0.05, 0.1) is 6.61 Å². The van der Waals surface area contributed by atoms with E-state index in [1.54, 1.807) is 10.7 Å². The predicted octanol–water partition coefficient (Wildman–Crippen LogP) is 4.24. The van der Waals surface area contributed by atoms with Crippen LogP contribution in [0.3, 0.4) is 0 Å². The molecule has 1 N–H and O–H groups in total. The van der Waals surface area contributed by atoms with Crippen LogP contribution in [0.1, 0.15) is 30.5 Å². The SMILES string of the molecule is CCOc1cc(CNc2nnnn2CC)c(Cl)cc1OCc1ccc(C)cc1. The second-order valence-corrected chi connectivity index (χ2v) is 6.68. The molecule has 0 aliphatic heterocycles.